The maximum absolute atomic E-state index is 13.1. The normalized spacial score (nSPS) is 11.4. The number of methoxy groups -OCH3 is 1. The summed E-state index contributed by atoms with van der Waals surface area (Å²) in [7, 11) is -0.652. The minimum atomic E-state index is -3.73. The van der Waals surface area contributed by atoms with Crippen LogP contribution in [0, 0.1) is 6.92 Å². The number of nitrogens with zero attached hydrogens (tertiary/aromatic N) is 1. The van der Waals surface area contributed by atoms with Gasteiger partial charge in [0.25, 0.3) is 15.9 Å². The van der Waals surface area contributed by atoms with Gasteiger partial charge in [0.05, 0.1) is 22.6 Å². The zero-order chi connectivity index (χ0) is 21.2. The molecule has 1 amide bonds. The summed E-state index contributed by atoms with van der Waals surface area (Å²) in [5.74, 6) is 0.532. The van der Waals surface area contributed by atoms with Crippen LogP contribution in [0.25, 0.3) is 10.1 Å². The molecule has 0 radical (unpaired) electrons. The Labute approximate surface area is 175 Å². The third-order valence-corrected chi connectivity index (χ3v) is 7.54. The van der Waals surface area contributed by atoms with Crippen molar-refractivity contribution in [1.29, 1.82) is 0 Å². The van der Waals surface area contributed by atoms with Gasteiger partial charge in [0.1, 0.15) is 5.75 Å². The molecule has 6 nitrogen and oxygen atoms in total. The van der Waals surface area contributed by atoms with Crippen LogP contribution in [0.4, 0.5) is 5.69 Å². The van der Waals surface area contributed by atoms with Crippen molar-refractivity contribution in [3.63, 3.8) is 0 Å². The van der Waals surface area contributed by atoms with Crippen molar-refractivity contribution in [2.45, 2.75) is 25.2 Å². The molecule has 3 aromatic rings. The van der Waals surface area contributed by atoms with Crippen molar-refractivity contribution >= 4 is 43.0 Å². The second-order valence-corrected chi connectivity index (χ2v) is 9.75. The molecule has 0 bridgehead atoms. The SMILES string of the molecule is CCCNC(=O)c1cc2cc(N(C)S(=O)(=O)c3ccc(OC)c(C)c3)ccc2s1. The highest BCUT2D eigenvalue weighted by atomic mass is 32.2. The topological polar surface area (TPSA) is 75.7 Å². The average Bonchev–Trinajstić information content (AvgIpc) is 3.14. The zero-order valence-electron chi connectivity index (χ0n) is 16.9. The van der Waals surface area contributed by atoms with E-state index in [1.807, 2.05) is 13.0 Å². The van der Waals surface area contributed by atoms with Crippen LogP contribution >= 0.6 is 11.3 Å². The van der Waals surface area contributed by atoms with E-state index in [2.05, 4.69) is 5.32 Å². The van der Waals surface area contributed by atoms with Crippen LogP contribution in [0.3, 0.4) is 0 Å². The van der Waals surface area contributed by atoms with Gasteiger partial charge in [-0.1, -0.05) is 6.92 Å². The van der Waals surface area contributed by atoms with Crippen molar-refractivity contribution in [3.8, 4) is 5.75 Å². The molecule has 0 saturated heterocycles. The first-order chi connectivity index (χ1) is 13.8. The summed E-state index contributed by atoms with van der Waals surface area (Å²) in [6.07, 6.45) is 0.869. The standard InChI is InChI=1S/C21H24N2O4S2/c1-5-10-22-21(24)20-13-15-12-16(6-9-19(15)28-20)23(3)29(25,26)17-7-8-18(27-4)14(2)11-17/h6-9,11-13H,5,10H2,1-4H3,(H,22,24). The largest absolute Gasteiger partial charge is 0.496 e. The third kappa shape index (κ3) is 4.23. The number of carbonyl (C=O) groups excluding carboxylic acids is 1. The van der Waals surface area contributed by atoms with Crippen LogP contribution in [0.5, 0.6) is 5.75 Å². The molecule has 8 heteroatoms. The van der Waals surface area contributed by atoms with Crippen molar-refractivity contribution in [3.05, 3.63) is 52.9 Å². The van der Waals surface area contributed by atoms with Crippen molar-refractivity contribution in [1.82, 2.24) is 5.32 Å². The average molecular weight is 433 g/mol. The molecule has 0 fully saturated rings. The van der Waals surface area contributed by atoms with Gasteiger partial charge in [-0.3, -0.25) is 9.10 Å². The molecule has 0 spiro atoms. The fourth-order valence-electron chi connectivity index (χ4n) is 2.97. The molecule has 3 rings (SSSR count). The molecule has 0 atom stereocenters. The van der Waals surface area contributed by atoms with Crippen LogP contribution in [-0.2, 0) is 10.0 Å². The van der Waals surface area contributed by atoms with Crippen molar-refractivity contribution in [2.75, 3.05) is 25.0 Å². The maximum atomic E-state index is 13.1. The lowest BCUT2D eigenvalue weighted by atomic mass is 10.2. The lowest BCUT2D eigenvalue weighted by Crippen LogP contribution is -2.26. The Morgan fingerprint density at radius 3 is 2.59 bits per heavy atom. The summed E-state index contributed by atoms with van der Waals surface area (Å²) in [6, 6.07) is 12.0. The molecule has 29 heavy (non-hydrogen) atoms. The highest BCUT2D eigenvalue weighted by Gasteiger charge is 2.23. The summed E-state index contributed by atoms with van der Waals surface area (Å²) in [6.45, 7) is 4.43. The van der Waals surface area contributed by atoms with E-state index in [1.165, 1.54) is 28.8 Å². The minimum absolute atomic E-state index is 0.107. The molecule has 0 aliphatic carbocycles. The molecular formula is C21H24N2O4S2. The lowest BCUT2D eigenvalue weighted by molar-refractivity contribution is 0.0957. The molecule has 1 aromatic heterocycles. The molecule has 1 N–H and O–H groups in total. The number of sulfonamides is 1. The number of anilines is 1. The number of thiophene rings is 1. The third-order valence-electron chi connectivity index (χ3n) is 4.65. The van der Waals surface area contributed by atoms with E-state index in [1.54, 1.807) is 44.4 Å². The minimum Gasteiger partial charge on any atom is -0.496 e. The predicted octanol–water partition coefficient (Wildman–Crippen LogP) is 4.18. The second kappa shape index (κ2) is 8.42. The quantitative estimate of drug-likeness (QED) is 0.608. The number of benzene rings is 2. The number of hydrogen-bond donors (Lipinski definition) is 1. The van der Waals surface area contributed by atoms with E-state index in [-0.39, 0.29) is 10.8 Å². The maximum Gasteiger partial charge on any atom is 0.264 e. The van der Waals surface area contributed by atoms with Gasteiger partial charge in [0.2, 0.25) is 0 Å². The Morgan fingerprint density at radius 2 is 1.93 bits per heavy atom. The van der Waals surface area contributed by atoms with Crippen LogP contribution in [0.2, 0.25) is 0 Å². The predicted molar refractivity (Wildman–Crippen MR) is 118 cm³/mol. The van der Waals surface area contributed by atoms with Gasteiger partial charge in [-0.05, 0) is 66.8 Å². The molecule has 0 aliphatic heterocycles. The highest BCUT2D eigenvalue weighted by Crippen LogP contribution is 2.32. The summed E-state index contributed by atoms with van der Waals surface area (Å²) < 4.78 is 33.5. The van der Waals surface area contributed by atoms with Gasteiger partial charge >= 0.3 is 0 Å². The summed E-state index contributed by atoms with van der Waals surface area (Å²) >= 11 is 1.39. The van der Waals surface area contributed by atoms with E-state index >= 15 is 0 Å². The Kier molecular flexibility index (Phi) is 6.14. The Hall–Kier alpha value is -2.58. The molecule has 0 unspecified atom stereocenters. The number of hydrogen-bond acceptors (Lipinski definition) is 5. The first-order valence-corrected chi connectivity index (χ1v) is 11.5. The Morgan fingerprint density at radius 1 is 1.17 bits per heavy atom. The van der Waals surface area contributed by atoms with E-state index in [9.17, 15) is 13.2 Å². The number of nitrogens with one attached hydrogen (secondary N) is 1. The number of aryl methyl sites for hydroxylation is 1. The number of fused-ring (bicyclic) bond motifs is 1. The van der Waals surface area contributed by atoms with Gasteiger partial charge in [-0.2, -0.15) is 0 Å². The molecule has 0 aliphatic rings. The molecule has 154 valence electrons. The van der Waals surface area contributed by atoms with Gasteiger partial charge in [0.15, 0.2) is 0 Å². The van der Waals surface area contributed by atoms with Gasteiger partial charge < -0.3 is 10.1 Å². The molecule has 2 aromatic carbocycles. The van der Waals surface area contributed by atoms with Gasteiger partial charge in [-0.15, -0.1) is 11.3 Å². The number of rotatable bonds is 7. The first kappa shape index (κ1) is 21.1. The van der Waals surface area contributed by atoms with Crippen molar-refractivity contribution in [2.24, 2.45) is 0 Å². The molecule has 1 heterocycles. The van der Waals surface area contributed by atoms with E-state index in [0.29, 0.717) is 22.9 Å². The van der Waals surface area contributed by atoms with E-state index in [0.717, 1.165) is 22.1 Å². The van der Waals surface area contributed by atoms with Crippen LogP contribution in [0.15, 0.2) is 47.4 Å². The van der Waals surface area contributed by atoms with Crippen LogP contribution in [-0.4, -0.2) is 35.0 Å². The van der Waals surface area contributed by atoms with Crippen LogP contribution < -0.4 is 14.4 Å². The molecule has 0 saturated carbocycles. The highest BCUT2D eigenvalue weighted by molar-refractivity contribution is 7.92. The Balaban J connectivity index is 1.92. The molecular weight excluding hydrogens is 408 g/mol. The van der Waals surface area contributed by atoms with Crippen LogP contribution in [0.1, 0.15) is 28.6 Å². The van der Waals surface area contributed by atoms with E-state index < -0.39 is 10.0 Å². The van der Waals surface area contributed by atoms with Crippen molar-refractivity contribution < 1.29 is 17.9 Å². The summed E-state index contributed by atoms with van der Waals surface area (Å²) in [4.78, 5) is 13.0. The second-order valence-electron chi connectivity index (χ2n) is 6.69. The van der Waals surface area contributed by atoms with Gasteiger partial charge in [-0.25, -0.2) is 8.42 Å². The first-order valence-electron chi connectivity index (χ1n) is 9.23. The Bertz CT molecular complexity index is 1150. The van der Waals surface area contributed by atoms with E-state index in [4.69, 9.17) is 4.74 Å². The lowest BCUT2D eigenvalue weighted by Gasteiger charge is -2.20. The number of ether oxygens (including phenoxy) is 1. The fourth-order valence-corrected chi connectivity index (χ4v) is 5.20. The fraction of sp³-hybridized carbons (Fsp3) is 0.286. The summed E-state index contributed by atoms with van der Waals surface area (Å²) in [5, 5.41) is 3.70. The number of amides is 1. The zero-order valence-corrected chi connectivity index (χ0v) is 18.5. The monoisotopic (exact) mass is 432 g/mol. The summed E-state index contributed by atoms with van der Waals surface area (Å²) in [5.41, 5.74) is 1.28. The number of carbonyl (C=O) groups is 1. The van der Waals surface area contributed by atoms with Gasteiger partial charge in [0, 0.05) is 18.3 Å². The smallest absolute Gasteiger partial charge is 0.264 e.